The van der Waals surface area contributed by atoms with Crippen LogP contribution in [-0.2, 0) is 16.1 Å². The van der Waals surface area contributed by atoms with Crippen molar-refractivity contribution in [1.82, 2.24) is 10.2 Å². The van der Waals surface area contributed by atoms with E-state index in [4.69, 9.17) is 13.6 Å². The summed E-state index contributed by atoms with van der Waals surface area (Å²) >= 11 is 0.843. The molecule has 0 amide bonds. The standard InChI is InChI=1S/C17H14F2N2O4S/c1-9-5-12(10(2)24-9)17-21-20-15(25-17)7-23-16(22)8-26-14-6-11(18)3-4-13(14)19/h3-6H,7-8H2,1-2H3. The molecule has 0 aliphatic rings. The van der Waals surface area contributed by atoms with Crippen molar-refractivity contribution in [3.05, 3.63) is 53.3 Å². The van der Waals surface area contributed by atoms with Crippen LogP contribution in [0.3, 0.4) is 0 Å². The molecule has 0 aliphatic carbocycles. The van der Waals surface area contributed by atoms with E-state index in [1.165, 1.54) is 0 Å². The number of furan rings is 1. The van der Waals surface area contributed by atoms with E-state index in [-0.39, 0.29) is 29.0 Å². The molecule has 26 heavy (non-hydrogen) atoms. The third-order valence-electron chi connectivity index (χ3n) is 3.33. The van der Waals surface area contributed by atoms with E-state index in [2.05, 4.69) is 10.2 Å². The average Bonchev–Trinajstić information content (AvgIpc) is 3.19. The van der Waals surface area contributed by atoms with Crippen LogP contribution >= 0.6 is 11.8 Å². The van der Waals surface area contributed by atoms with Gasteiger partial charge in [-0.25, -0.2) is 8.78 Å². The predicted octanol–water partition coefficient (Wildman–Crippen LogP) is 4.06. The Morgan fingerprint density at radius 1 is 1.19 bits per heavy atom. The second-order valence-corrected chi connectivity index (χ2v) is 6.37. The van der Waals surface area contributed by atoms with E-state index in [1.54, 1.807) is 19.9 Å². The van der Waals surface area contributed by atoms with Crippen molar-refractivity contribution in [3.63, 3.8) is 0 Å². The predicted molar refractivity (Wildman–Crippen MR) is 88.4 cm³/mol. The van der Waals surface area contributed by atoms with Gasteiger partial charge in [-0.2, -0.15) is 0 Å². The van der Waals surface area contributed by atoms with Crippen LogP contribution in [-0.4, -0.2) is 21.9 Å². The fourth-order valence-corrected chi connectivity index (χ4v) is 2.93. The molecule has 1 aromatic carbocycles. The van der Waals surface area contributed by atoms with Gasteiger partial charge in [0.05, 0.1) is 11.3 Å². The van der Waals surface area contributed by atoms with Gasteiger partial charge < -0.3 is 13.6 Å². The summed E-state index contributed by atoms with van der Waals surface area (Å²) in [5, 5.41) is 7.70. The average molecular weight is 380 g/mol. The second-order valence-electron chi connectivity index (χ2n) is 5.35. The van der Waals surface area contributed by atoms with E-state index >= 15 is 0 Å². The first-order valence-corrected chi connectivity index (χ1v) is 8.54. The van der Waals surface area contributed by atoms with Crippen molar-refractivity contribution in [2.24, 2.45) is 0 Å². The molecule has 0 saturated heterocycles. The Bertz CT molecular complexity index is 939. The number of thioether (sulfide) groups is 1. The Kier molecular flexibility index (Phi) is 5.36. The first-order chi connectivity index (χ1) is 12.4. The van der Waals surface area contributed by atoms with Gasteiger partial charge in [-0.15, -0.1) is 22.0 Å². The highest BCUT2D eigenvalue weighted by Gasteiger charge is 2.16. The first kappa shape index (κ1) is 18.1. The number of halogens is 2. The van der Waals surface area contributed by atoms with Gasteiger partial charge in [-0.3, -0.25) is 4.79 Å². The molecule has 2 heterocycles. The first-order valence-electron chi connectivity index (χ1n) is 7.55. The Balaban J connectivity index is 1.53. The van der Waals surface area contributed by atoms with Crippen LogP contribution in [0, 0.1) is 25.5 Å². The molecule has 9 heteroatoms. The molecule has 3 aromatic rings. The molecule has 0 fully saturated rings. The van der Waals surface area contributed by atoms with Crippen LogP contribution in [0.4, 0.5) is 8.78 Å². The molecule has 0 saturated carbocycles. The number of carbonyl (C=O) groups is 1. The van der Waals surface area contributed by atoms with E-state index < -0.39 is 17.6 Å². The third kappa shape index (κ3) is 4.29. The minimum Gasteiger partial charge on any atom is -0.466 e. The van der Waals surface area contributed by atoms with Crippen LogP contribution in [0.2, 0.25) is 0 Å². The molecular formula is C17H14F2N2O4S. The summed E-state index contributed by atoms with van der Waals surface area (Å²) < 4.78 is 42.4. The molecule has 0 unspecified atom stereocenters. The monoisotopic (exact) mass is 380 g/mol. The van der Waals surface area contributed by atoms with E-state index in [9.17, 15) is 13.6 Å². The fourth-order valence-electron chi connectivity index (χ4n) is 2.17. The molecule has 0 atom stereocenters. The largest absolute Gasteiger partial charge is 0.466 e. The summed E-state index contributed by atoms with van der Waals surface area (Å²) in [5.41, 5.74) is 0.671. The number of hydrogen-bond donors (Lipinski definition) is 0. The summed E-state index contributed by atoms with van der Waals surface area (Å²) in [4.78, 5) is 11.8. The maximum Gasteiger partial charge on any atom is 0.316 e. The molecule has 2 aromatic heterocycles. The number of esters is 1. The van der Waals surface area contributed by atoms with Gasteiger partial charge in [0.1, 0.15) is 23.2 Å². The summed E-state index contributed by atoms with van der Waals surface area (Å²) in [5.74, 6) is -0.235. The summed E-state index contributed by atoms with van der Waals surface area (Å²) in [6, 6.07) is 4.80. The molecular weight excluding hydrogens is 366 g/mol. The van der Waals surface area contributed by atoms with Crippen molar-refractivity contribution in [1.29, 1.82) is 0 Å². The Morgan fingerprint density at radius 3 is 2.73 bits per heavy atom. The number of ether oxygens (including phenoxy) is 1. The fraction of sp³-hybridized carbons (Fsp3) is 0.235. The van der Waals surface area contributed by atoms with E-state index in [1.807, 2.05) is 0 Å². The van der Waals surface area contributed by atoms with E-state index in [0.717, 1.165) is 30.0 Å². The Hall–Kier alpha value is -2.68. The highest BCUT2D eigenvalue weighted by molar-refractivity contribution is 8.00. The maximum absolute atomic E-state index is 13.5. The van der Waals surface area contributed by atoms with Crippen LogP contribution < -0.4 is 0 Å². The molecule has 0 N–H and O–H groups in total. The maximum atomic E-state index is 13.5. The Labute approximate surface area is 151 Å². The molecule has 0 bridgehead atoms. The van der Waals surface area contributed by atoms with Gasteiger partial charge in [-0.05, 0) is 38.1 Å². The third-order valence-corrected chi connectivity index (χ3v) is 4.34. The lowest BCUT2D eigenvalue weighted by atomic mass is 10.2. The van der Waals surface area contributed by atoms with Crippen LogP contribution in [0.25, 0.3) is 11.5 Å². The van der Waals surface area contributed by atoms with Crippen LogP contribution in [0.1, 0.15) is 17.4 Å². The van der Waals surface area contributed by atoms with Crippen molar-refractivity contribution >= 4 is 17.7 Å². The molecule has 0 aliphatic heterocycles. The van der Waals surface area contributed by atoms with Crippen molar-refractivity contribution < 1.29 is 27.1 Å². The zero-order valence-electron chi connectivity index (χ0n) is 13.9. The van der Waals surface area contributed by atoms with Gasteiger partial charge in [-0.1, -0.05) is 0 Å². The number of aromatic nitrogens is 2. The lowest BCUT2D eigenvalue weighted by molar-refractivity contribution is -0.142. The van der Waals surface area contributed by atoms with Gasteiger partial charge in [0.25, 0.3) is 11.8 Å². The smallest absolute Gasteiger partial charge is 0.316 e. The highest BCUT2D eigenvalue weighted by atomic mass is 32.2. The van der Waals surface area contributed by atoms with Crippen molar-refractivity contribution in [2.45, 2.75) is 25.3 Å². The van der Waals surface area contributed by atoms with Gasteiger partial charge in [0, 0.05) is 4.90 Å². The molecule has 3 rings (SSSR count). The Morgan fingerprint density at radius 2 is 2.00 bits per heavy atom. The lowest BCUT2D eigenvalue weighted by Crippen LogP contribution is -2.07. The zero-order chi connectivity index (χ0) is 18.7. The second kappa shape index (κ2) is 7.69. The zero-order valence-corrected chi connectivity index (χ0v) is 14.7. The van der Waals surface area contributed by atoms with Crippen LogP contribution in [0.15, 0.2) is 38.0 Å². The van der Waals surface area contributed by atoms with Gasteiger partial charge in [0.15, 0.2) is 6.61 Å². The summed E-state index contributed by atoms with van der Waals surface area (Å²) in [6.07, 6.45) is 0. The van der Waals surface area contributed by atoms with Gasteiger partial charge in [0.2, 0.25) is 0 Å². The lowest BCUT2D eigenvalue weighted by Gasteiger charge is -2.03. The normalized spacial score (nSPS) is 10.9. The number of carbonyl (C=O) groups excluding carboxylic acids is 1. The quantitative estimate of drug-likeness (QED) is 0.471. The van der Waals surface area contributed by atoms with Crippen molar-refractivity contribution in [3.8, 4) is 11.5 Å². The molecule has 6 nitrogen and oxygen atoms in total. The molecule has 0 radical (unpaired) electrons. The summed E-state index contributed by atoms with van der Waals surface area (Å²) in [6.45, 7) is 3.36. The minimum absolute atomic E-state index is 0.0350. The number of benzene rings is 1. The SMILES string of the molecule is Cc1cc(-c2nnc(COC(=O)CSc3cc(F)ccc3F)o2)c(C)o1. The molecule has 0 spiro atoms. The van der Waals surface area contributed by atoms with Crippen LogP contribution in [0.5, 0.6) is 0 Å². The van der Waals surface area contributed by atoms with E-state index in [0.29, 0.717) is 17.1 Å². The van der Waals surface area contributed by atoms with Crippen molar-refractivity contribution in [2.75, 3.05) is 5.75 Å². The highest BCUT2D eigenvalue weighted by Crippen LogP contribution is 2.26. The molecule has 136 valence electrons. The number of hydrogen-bond acceptors (Lipinski definition) is 7. The topological polar surface area (TPSA) is 78.4 Å². The summed E-state index contributed by atoms with van der Waals surface area (Å²) in [7, 11) is 0. The van der Waals surface area contributed by atoms with Gasteiger partial charge >= 0.3 is 5.97 Å². The minimum atomic E-state index is -0.617. The number of nitrogens with zero attached hydrogens (tertiary/aromatic N) is 2. The number of aryl methyl sites for hydroxylation is 2. The number of rotatable bonds is 6.